The van der Waals surface area contributed by atoms with Crippen LogP contribution >= 0.6 is 15.9 Å². The minimum absolute atomic E-state index is 0.242. The van der Waals surface area contributed by atoms with Gasteiger partial charge in [-0.15, -0.1) is 0 Å². The van der Waals surface area contributed by atoms with E-state index in [0.29, 0.717) is 6.10 Å². The molecule has 1 aromatic carbocycles. The Balaban J connectivity index is 1.61. The van der Waals surface area contributed by atoms with Gasteiger partial charge in [-0.1, -0.05) is 18.9 Å². The van der Waals surface area contributed by atoms with Gasteiger partial charge in [0.15, 0.2) is 0 Å². The highest BCUT2D eigenvalue weighted by molar-refractivity contribution is 9.10. The number of hydrogen-bond acceptors (Lipinski definition) is 2. The zero-order chi connectivity index (χ0) is 14.2. The fourth-order valence-electron chi connectivity index (χ4n) is 3.78. The Morgan fingerprint density at radius 2 is 2.00 bits per heavy atom. The van der Waals surface area contributed by atoms with Gasteiger partial charge in [-0.3, -0.25) is 0 Å². The van der Waals surface area contributed by atoms with Crippen LogP contribution in [-0.4, -0.2) is 18.2 Å². The second-order valence-electron chi connectivity index (χ2n) is 6.49. The minimum atomic E-state index is 0.242. The highest BCUT2D eigenvalue weighted by Gasteiger charge is 2.41. The zero-order valence-electron chi connectivity index (χ0n) is 12.5. The molecule has 1 aliphatic carbocycles. The third kappa shape index (κ3) is 2.89. The first-order valence-electron chi connectivity index (χ1n) is 7.76. The highest BCUT2D eigenvalue weighted by atomic mass is 79.9. The molecule has 0 bridgehead atoms. The van der Waals surface area contributed by atoms with Gasteiger partial charge in [0.1, 0.15) is 0 Å². The number of aryl methyl sites for hydroxylation is 2. The van der Waals surface area contributed by atoms with E-state index in [1.165, 1.54) is 55.3 Å². The first kappa shape index (κ1) is 14.4. The number of ether oxygens (including phenoxy) is 1. The lowest BCUT2D eigenvalue weighted by molar-refractivity contribution is -0.0307. The largest absolute Gasteiger partial charge is 0.381 e. The Bertz CT molecular complexity index is 471. The fraction of sp³-hybridized carbons (Fsp3) is 0.647. The molecular formula is C17H24BrNO. The van der Waals surface area contributed by atoms with Gasteiger partial charge in [0.2, 0.25) is 0 Å². The Morgan fingerprint density at radius 3 is 2.70 bits per heavy atom. The van der Waals surface area contributed by atoms with Gasteiger partial charge >= 0.3 is 0 Å². The molecule has 1 aromatic rings. The summed E-state index contributed by atoms with van der Waals surface area (Å²) in [4.78, 5) is 0. The summed E-state index contributed by atoms with van der Waals surface area (Å²) in [5, 5.41) is 3.58. The van der Waals surface area contributed by atoms with E-state index in [-0.39, 0.29) is 5.60 Å². The zero-order valence-corrected chi connectivity index (χ0v) is 14.1. The van der Waals surface area contributed by atoms with Crippen molar-refractivity contribution in [3.8, 4) is 0 Å². The molecule has 2 aliphatic rings. The van der Waals surface area contributed by atoms with Crippen LogP contribution in [-0.2, 0) is 4.74 Å². The van der Waals surface area contributed by atoms with Gasteiger partial charge in [0, 0.05) is 11.0 Å². The predicted octanol–water partition coefficient (Wildman–Crippen LogP) is 4.97. The number of benzene rings is 1. The molecule has 1 saturated carbocycles. The first-order chi connectivity index (χ1) is 9.58. The van der Waals surface area contributed by atoms with Gasteiger partial charge in [-0.05, 0) is 72.7 Å². The Morgan fingerprint density at radius 1 is 1.25 bits per heavy atom. The molecule has 3 rings (SSSR count). The molecule has 1 N–H and O–H groups in total. The van der Waals surface area contributed by atoms with Crippen LogP contribution < -0.4 is 5.32 Å². The van der Waals surface area contributed by atoms with Crippen molar-refractivity contribution in [2.45, 2.75) is 64.1 Å². The molecule has 1 heterocycles. The molecule has 1 saturated heterocycles. The average molecular weight is 338 g/mol. The van der Waals surface area contributed by atoms with Crippen LogP contribution in [0.1, 0.15) is 49.7 Å². The summed E-state index contributed by atoms with van der Waals surface area (Å²) in [6.07, 6.45) is 8.09. The first-order valence-corrected chi connectivity index (χ1v) is 8.56. The van der Waals surface area contributed by atoms with E-state index in [0.717, 1.165) is 11.0 Å². The molecule has 1 atom stereocenters. The van der Waals surface area contributed by atoms with Crippen molar-refractivity contribution in [1.29, 1.82) is 0 Å². The summed E-state index contributed by atoms with van der Waals surface area (Å²) in [5.74, 6) is 0. The maximum atomic E-state index is 6.36. The molecule has 110 valence electrons. The summed E-state index contributed by atoms with van der Waals surface area (Å²) >= 11 is 3.66. The Labute approximate surface area is 130 Å². The molecule has 20 heavy (non-hydrogen) atoms. The van der Waals surface area contributed by atoms with Crippen LogP contribution in [0.4, 0.5) is 5.69 Å². The standard InChI is InChI=1S/C17H24BrNO/c1-12-9-13(2)16(15(18)10-12)19-11-14-5-8-17(20-14)6-3-4-7-17/h9-10,14,19H,3-8,11H2,1-2H3. The molecular weight excluding hydrogens is 314 g/mol. The molecule has 1 aliphatic heterocycles. The normalized spacial score (nSPS) is 24.4. The molecule has 2 nitrogen and oxygen atoms in total. The number of anilines is 1. The predicted molar refractivity (Wildman–Crippen MR) is 87.4 cm³/mol. The summed E-state index contributed by atoms with van der Waals surface area (Å²) in [5.41, 5.74) is 4.05. The van der Waals surface area contributed by atoms with Crippen molar-refractivity contribution in [1.82, 2.24) is 0 Å². The molecule has 1 unspecified atom stereocenters. The molecule has 0 radical (unpaired) electrons. The van der Waals surface area contributed by atoms with Crippen molar-refractivity contribution in [3.05, 3.63) is 27.7 Å². The lowest BCUT2D eigenvalue weighted by Crippen LogP contribution is -2.28. The lowest BCUT2D eigenvalue weighted by atomic mass is 9.98. The van der Waals surface area contributed by atoms with Crippen LogP contribution in [0.3, 0.4) is 0 Å². The van der Waals surface area contributed by atoms with Crippen LogP contribution in [0.5, 0.6) is 0 Å². The fourth-order valence-corrected chi connectivity index (χ4v) is 4.60. The Hall–Kier alpha value is -0.540. The number of halogens is 1. The summed E-state index contributed by atoms with van der Waals surface area (Å²) in [6, 6.07) is 4.39. The van der Waals surface area contributed by atoms with E-state index >= 15 is 0 Å². The van der Waals surface area contributed by atoms with E-state index in [9.17, 15) is 0 Å². The number of nitrogens with one attached hydrogen (secondary N) is 1. The summed E-state index contributed by atoms with van der Waals surface area (Å²) < 4.78 is 7.51. The topological polar surface area (TPSA) is 21.3 Å². The van der Waals surface area contributed by atoms with Gasteiger partial charge in [-0.2, -0.15) is 0 Å². The molecule has 0 amide bonds. The maximum absolute atomic E-state index is 6.36. The van der Waals surface area contributed by atoms with Crippen molar-refractivity contribution < 1.29 is 4.74 Å². The van der Waals surface area contributed by atoms with E-state index in [4.69, 9.17) is 4.74 Å². The second kappa shape index (κ2) is 5.69. The SMILES string of the molecule is Cc1cc(C)c(NCC2CCC3(CCCC3)O2)c(Br)c1. The molecule has 0 aromatic heterocycles. The average Bonchev–Trinajstić information content (AvgIpc) is 2.99. The number of rotatable bonds is 3. The van der Waals surface area contributed by atoms with E-state index in [1.807, 2.05) is 0 Å². The molecule has 1 spiro atoms. The minimum Gasteiger partial charge on any atom is -0.381 e. The van der Waals surface area contributed by atoms with Gasteiger partial charge < -0.3 is 10.1 Å². The quantitative estimate of drug-likeness (QED) is 0.840. The Kier molecular flexibility index (Phi) is 4.09. The van der Waals surface area contributed by atoms with Crippen molar-refractivity contribution in [3.63, 3.8) is 0 Å². The summed E-state index contributed by atoms with van der Waals surface area (Å²) in [7, 11) is 0. The number of hydrogen-bond donors (Lipinski definition) is 1. The van der Waals surface area contributed by atoms with E-state index in [2.05, 4.69) is 47.2 Å². The van der Waals surface area contributed by atoms with Crippen LogP contribution in [0.25, 0.3) is 0 Å². The van der Waals surface area contributed by atoms with E-state index in [1.54, 1.807) is 0 Å². The van der Waals surface area contributed by atoms with Crippen LogP contribution in [0.15, 0.2) is 16.6 Å². The highest BCUT2D eigenvalue weighted by Crippen LogP contribution is 2.43. The van der Waals surface area contributed by atoms with Crippen molar-refractivity contribution in [2.75, 3.05) is 11.9 Å². The van der Waals surface area contributed by atoms with Crippen LogP contribution in [0.2, 0.25) is 0 Å². The second-order valence-corrected chi connectivity index (χ2v) is 7.34. The van der Waals surface area contributed by atoms with Crippen LogP contribution in [0, 0.1) is 13.8 Å². The van der Waals surface area contributed by atoms with Crippen molar-refractivity contribution in [2.24, 2.45) is 0 Å². The third-order valence-electron chi connectivity index (χ3n) is 4.79. The lowest BCUT2D eigenvalue weighted by Gasteiger charge is -2.24. The molecule has 3 heteroatoms. The molecule has 2 fully saturated rings. The summed E-state index contributed by atoms with van der Waals surface area (Å²) in [6.45, 7) is 5.21. The third-order valence-corrected chi connectivity index (χ3v) is 5.42. The van der Waals surface area contributed by atoms with Gasteiger partial charge in [-0.25, -0.2) is 0 Å². The van der Waals surface area contributed by atoms with Gasteiger partial charge in [0.05, 0.1) is 17.4 Å². The monoisotopic (exact) mass is 337 g/mol. The van der Waals surface area contributed by atoms with E-state index < -0.39 is 0 Å². The van der Waals surface area contributed by atoms with Crippen molar-refractivity contribution >= 4 is 21.6 Å². The maximum Gasteiger partial charge on any atom is 0.0756 e. The smallest absolute Gasteiger partial charge is 0.0756 e. The van der Waals surface area contributed by atoms with Gasteiger partial charge in [0.25, 0.3) is 0 Å².